The Morgan fingerprint density at radius 1 is 1.22 bits per heavy atom. The van der Waals surface area contributed by atoms with E-state index in [-0.39, 0.29) is 11.9 Å². The molecular weight excluding hydrogens is 295 g/mol. The number of carbonyl (C=O) groups is 1. The zero-order chi connectivity index (χ0) is 17.5. The summed E-state index contributed by atoms with van der Waals surface area (Å²) < 4.78 is 19.2. The molecule has 5 heteroatoms. The van der Waals surface area contributed by atoms with Crippen LogP contribution in [0.2, 0.25) is 0 Å². The van der Waals surface area contributed by atoms with Gasteiger partial charge in [-0.05, 0) is 51.8 Å². The quantitative estimate of drug-likeness (QED) is 0.691. The lowest BCUT2D eigenvalue weighted by Crippen LogP contribution is -2.27. The molecule has 0 fully saturated rings. The Morgan fingerprint density at radius 2 is 1.83 bits per heavy atom. The predicted molar refractivity (Wildman–Crippen MR) is 93.5 cm³/mol. The molecule has 0 bridgehead atoms. The second-order valence-electron chi connectivity index (χ2n) is 6.74. The van der Waals surface area contributed by atoms with Crippen LogP contribution in [0.5, 0.6) is 0 Å². The zero-order valence-corrected chi connectivity index (χ0v) is 14.8. The molecule has 0 heterocycles. The fourth-order valence-corrected chi connectivity index (χ4v) is 2.34. The maximum absolute atomic E-state index is 14.0. The number of hydrogen-bond acceptors (Lipinski definition) is 3. The predicted octanol–water partition coefficient (Wildman–Crippen LogP) is 5.55. The van der Waals surface area contributed by atoms with Crippen LogP contribution in [0.1, 0.15) is 60.3 Å². The van der Waals surface area contributed by atoms with Crippen molar-refractivity contribution in [2.45, 2.75) is 71.9 Å². The van der Waals surface area contributed by atoms with E-state index >= 15 is 0 Å². The van der Waals surface area contributed by atoms with Gasteiger partial charge < -0.3 is 10.1 Å². The molecule has 0 saturated carbocycles. The summed E-state index contributed by atoms with van der Waals surface area (Å²) in [6.07, 6.45) is 3.49. The second kappa shape index (κ2) is 8.75. The van der Waals surface area contributed by atoms with E-state index in [2.05, 4.69) is 24.5 Å². The monoisotopic (exact) mass is 324 g/mol. The van der Waals surface area contributed by atoms with E-state index in [0.29, 0.717) is 11.4 Å². The van der Waals surface area contributed by atoms with Crippen LogP contribution in [0, 0.1) is 5.82 Å². The Morgan fingerprint density at radius 3 is 2.35 bits per heavy atom. The van der Waals surface area contributed by atoms with Crippen LogP contribution >= 0.6 is 0 Å². The highest BCUT2D eigenvalue weighted by atomic mass is 19.1. The molecule has 0 unspecified atom stereocenters. The first-order valence-corrected chi connectivity index (χ1v) is 8.31. The van der Waals surface area contributed by atoms with Crippen molar-refractivity contribution in [2.75, 3.05) is 10.6 Å². The number of rotatable bonds is 7. The molecule has 0 radical (unpaired) electrons. The van der Waals surface area contributed by atoms with Crippen LogP contribution in [0.4, 0.5) is 20.6 Å². The highest BCUT2D eigenvalue weighted by Crippen LogP contribution is 2.23. The summed E-state index contributed by atoms with van der Waals surface area (Å²) in [4.78, 5) is 11.8. The smallest absolute Gasteiger partial charge is 0.412 e. The van der Waals surface area contributed by atoms with Gasteiger partial charge in [-0.1, -0.05) is 26.7 Å². The SMILES string of the molecule is CCCC(CCC)Nc1cc(NC(=O)OC(C)(C)C)ccc1F. The van der Waals surface area contributed by atoms with Gasteiger partial charge in [-0.3, -0.25) is 5.32 Å². The van der Waals surface area contributed by atoms with E-state index < -0.39 is 11.7 Å². The van der Waals surface area contributed by atoms with Crippen LogP contribution in [-0.4, -0.2) is 17.7 Å². The fourth-order valence-electron chi connectivity index (χ4n) is 2.34. The minimum absolute atomic E-state index is 0.233. The van der Waals surface area contributed by atoms with Crippen molar-refractivity contribution < 1.29 is 13.9 Å². The number of hydrogen-bond donors (Lipinski definition) is 2. The van der Waals surface area contributed by atoms with Crippen LogP contribution < -0.4 is 10.6 Å². The third-order valence-corrected chi connectivity index (χ3v) is 3.25. The van der Waals surface area contributed by atoms with Crippen molar-refractivity contribution in [3.63, 3.8) is 0 Å². The van der Waals surface area contributed by atoms with Crippen molar-refractivity contribution in [3.05, 3.63) is 24.0 Å². The van der Waals surface area contributed by atoms with Crippen LogP contribution in [0.15, 0.2) is 18.2 Å². The largest absolute Gasteiger partial charge is 0.444 e. The number of amides is 1. The summed E-state index contributed by atoms with van der Waals surface area (Å²) >= 11 is 0. The van der Waals surface area contributed by atoms with E-state index in [4.69, 9.17) is 4.74 Å². The molecule has 23 heavy (non-hydrogen) atoms. The van der Waals surface area contributed by atoms with Gasteiger partial charge in [0.05, 0.1) is 5.69 Å². The number of nitrogens with one attached hydrogen (secondary N) is 2. The minimum atomic E-state index is -0.571. The van der Waals surface area contributed by atoms with E-state index in [9.17, 15) is 9.18 Å². The van der Waals surface area contributed by atoms with Crippen LogP contribution in [-0.2, 0) is 4.74 Å². The molecule has 0 aliphatic carbocycles. The maximum atomic E-state index is 14.0. The first kappa shape index (κ1) is 19.3. The van der Waals surface area contributed by atoms with E-state index in [1.54, 1.807) is 26.8 Å². The average molecular weight is 324 g/mol. The van der Waals surface area contributed by atoms with Crippen molar-refractivity contribution in [3.8, 4) is 0 Å². The molecule has 1 rings (SSSR count). The maximum Gasteiger partial charge on any atom is 0.412 e. The third kappa shape index (κ3) is 7.35. The standard InChI is InChI=1S/C18H29FN2O2/c1-6-8-13(9-7-2)20-16-12-14(10-11-15(16)19)21-17(22)23-18(3,4)5/h10-13,20H,6-9H2,1-5H3,(H,21,22). The lowest BCUT2D eigenvalue weighted by molar-refractivity contribution is 0.0636. The molecule has 0 aliphatic heterocycles. The number of halogens is 1. The molecule has 0 atom stereocenters. The van der Waals surface area contributed by atoms with Crippen LogP contribution in [0.3, 0.4) is 0 Å². The van der Waals surface area contributed by atoms with Gasteiger partial charge in [0, 0.05) is 11.7 Å². The lowest BCUT2D eigenvalue weighted by atomic mass is 10.1. The van der Waals surface area contributed by atoms with Gasteiger partial charge in [0.15, 0.2) is 0 Å². The molecule has 1 aromatic carbocycles. The summed E-state index contributed by atoms with van der Waals surface area (Å²) in [5.74, 6) is -0.322. The molecule has 130 valence electrons. The van der Waals surface area contributed by atoms with E-state index in [1.165, 1.54) is 12.1 Å². The number of anilines is 2. The van der Waals surface area contributed by atoms with Crippen molar-refractivity contribution >= 4 is 17.5 Å². The normalized spacial score (nSPS) is 11.4. The summed E-state index contributed by atoms with van der Waals surface area (Å²) in [7, 11) is 0. The van der Waals surface area contributed by atoms with E-state index in [1.807, 2.05) is 0 Å². The van der Waals surface area contributed by atoms with Crippen molar-refractivity contribution in [1.29, 1.82) is 0 Å². The summed E-state index contributed by atoms with van der Waals surface area (Å²) in [6, 6.07) is 4.72. The summed E-state index contributed by atoms with van der Waals surface area (Å²) in [5.41, 5.74) is 0.346. The Hall–Kier alpha value is -1.78. The Labute approximate surface area is 138 Å². The highest BCUT2D eigenvalue weighted by molar-refractivity contribution is 5.85. The molecule has 2 N–H and O–H groups in total. The van der Waals surface area contributed by atoms with Crippen LogP contribution in [0.25, 0.3) is 0 Å². The molecule has 0 aromatic heterocycles. The van der Waals surface area contributed by atoms with Gasteiger partial charge in [0.2, 0.25) is 0 Å². The minimum Gasteiger partial charge on any atom is -0.444 e. The second-order valence-corrected chi connectivity index (χ2v) is 6.74. The number of carbonyl (C=O) groups excluding carboxylic acids is 1. The number of benzene rings is 1. The number of ether oxygens (including phenoxy) is 1. The fraction of sp³-hybridized carbons (Fsp3) is 0.611. The Bertz CT molecular complexity index is 506. The van der Waals surface area contributed by atoms with Gasteiger partial charge in [-0.2, -0.15) is 0 Å². The molecule has 0 saturated heterocycles. The van der Waals surface area contributed by atoms with E-state index in [0.717, 1.165) is 25.7 Å². The van der Waals surface area contributed by atoms with Gasteiger partial charge in [-0.25, -0.2) is 9.18 Å². The topological polar surface area (TPSA) is 50.4 Å². The molecule has 0 aliphatic rings. The third-order valence-electron chi connectivity index (χ3n) is 3.25. The Balaban J connectivity index is 2.80. The Kier molecular flexibility index (Phi) is 7.33. The molecule has 4 nitrogen and oxygen atoms in total. The first-order chi connectivity index (χ1) is 10.7. The van der Waals surface area contributed by atoms with Gasteiger partial charge >= 0.3 is 6.09 Å². The summed E-state index contributed by atoms with van der Waals surface area (Å²) in [5, 5.41) is 5.88. The van der Waals surface area contributed by atoms with Gasteiger partial charge in [0.1, 0.15) is 11.4 Å². The van der Waals surface area contributed by atoms with Crippen molar-refractivity contribution in [1.82, 2.24) is 0 Å². The zero-order valence-electron chi connectivity index (χ0n) is 14.8. The first-order valence-electron chi connectivity index (χ1n) is 8.31. The van der Waals surface area contributed by atoms with Crippen molar-refractivity contribution in [2.24, 2.45) is 0 Å². The highest BCUT2D eigenvalue weighted by Gasteiger charge is 2.17. The molecule has 0 spiro atoms. The van der Waals surface area contributed by atoms with Gasteiger partial charge in [0.25, 0.3) is 0 Å². The molecule has 1 aromatic rings. The molecule has 1 amide bonds. The average Bonchev–Trinajstić information content (AvgIpc) is 2.41. The molecular formula is C18H29FN2O2. The van der Waals surface area contributed by atoms with Gasteiger partial charge in [-0.15, -0.1) is 0 Å². The summed E-state index contributed by atoms with van der Waals surface area (Å²) in [6.45, 7) is 9.61. The lowest BCUT2D eigenvalue weighted by Gasteiger charge is -2.21.